The number of unbranched alkanes of at least 4 members (excludes halogenated alkanes) is 2. The van der Waals surface area contributed by atoms with Crippen molar-refractivity contribution in [2.75, 3.05) is 5.32 Å². The van der Waals surface area contributed by atoms with Crippen molar-refractivity contribution in [2.45, 2.75) is 63.9 Å². The minimum atomic E-state index is -0.238. The quantitative estimate of drug-likeness (QED) is 0.575. The Morgan fingerprint density at radius 1 is 1.29 bits per heavy atom. The van der Waals surface area contributed by atoms with E-state index in [0.29, 0.717) is 0 Å². The molecule has 1 aromatic heterocycles. The first-order valence-corrected chi connectivity index (χ1v) is 9.32. The number of aromatic nitrogens is 3. The third-order valence-electron chi connectivity index (χ3n) is 3.96. The fraction of sp³-hybridized carbons (Fsp3) is 0.500. The number of nitrogens with zero attached hydrogens (tertiary/aromatic N) is 3. The SMILES string of the molecule is CCCCCn1cnnc1S[C@@H](C)C(=O)Nc1c(C)cccc1C. The number of hydrogen-bond donors (Lipinski definition) is 1. The maximum Gasteiger partial charge on any atom is 0.237 e. The molecule has 24 heavy (non-hydrogen) atoms. The molecule has 0 saturated carbocycles. The zero-order valence-electron chi connectivity index (χ0n) is 14.9. The summed E-state index contributed by atoms with van der Waals surface area (Å²) in [7, 11) is 0. The van der Waals surface area contributed by atoms with Crippen LogP contribution in [0.5, 0.6) is 0 Å². The third kappa shape index (κ3) is 4.84. The number of carbonyl (C=O) groups is 1. The van der Waals surface area contributed by atoms with Crippen LogP contribution in [-0.2, 0) is 11.3 Å². The van der Waals surface area contributed by atoms with E-state index in [-0.39, 0.29) is 11.2 Å². The maximum atomic E-state index is 12.5. The number of benzene rings is 1. The van der Waals surface area contributed by atoms with E-state index >= 15 is 0 Å². The highest BCUT2D eigenvalue weighted by Gasteiger charge is 2.19. The Hall–Kier alpha value is -1.82. The summed E-state index contributed by atoms with van der Waals surface area (Å²) in [5.74, 6) is -0.0134. The number of anilines is 1. The van der Waals surface area contributed by atoms with Crippen molar-refractivity contribution in [1.29, 1.82) is 0 Å². The van der Waals surface area contributed by atoms with Crippen LogP contribution in [-0.4, -0.2) is 25.9 Å². The molecule has 0 fully saturated rings. The highest BCUT2D eigenvalue weighted by atomic mass is 32.2. The molecule has 0 aliphatic carbocycles. The Morgan fingerprint density at radius 3 is 2.67 bits per heavy atom. The molecule has 1 atom stereocenters. The molecule has 0 bridgehead atoms. The molecular weight excluding hydrogens is 320 g/mol. The van der Waals surface area contributed by atoms with Gasteiger partial charge in [-0.05, 0) is 38.3 Å². The summed E-state index contributed by atoms with van der Waals surface area (Å²) < 4.78 is 2.03. The van der Waals surface area contributed by atoms with Crippen molar-refractivity contribution in [3.05, 3.63) is 35.7 Å². The van der Waals surface area contributed by atoms with E-state index in [9.17, 15) is 4.79 Å². The molecule has 1 heterocycles. The van der Waals surface area contributed by atoms with Gasteiger partial charge in [0.05, 0.1) is 5.25 Å². The summed E-state index contributed by atoms with van der Waals surface area (Å²) in [4.78, 5) is 12.5. The van der Waals surface area contributed by atoms with Gasteiger partial charge in [0.2, 0.25) is 5.91 Å². The third-order valence-corrected chi connectivity index (χ3v) is 5.06. The van der Waals surface area contributed by atoms with Gasteiger partial charge in [-0.25, -0.2) is 0 Å². The molecule has 130 valence electrons. The van der Waals surface area contributed by atoms with Crippen molar-refractivity contribution in [3.63, 3.8) is 0 Å². The number of amides is 1. The lowest BCUT2D eigenvalue weighted by Gasteiger charge is -2.15. The van der Waals surface area contributed by atoms with E-state index in [4.69, 9.17) is 0 Å². The van der Waals surface area contributed by atoms with Gasteiger partial charge >= 0.3 is 0 Å². The first kappa shape index (κ1) is 18.5. The molecule has 2 rings (SSSR count). The van der Waals surface area contributed by atoms with E-state index in [0.717, 1.165) is 34.9 Å². The number of nitrogens with one attached hydrogen (secondary N) is 1. The standard InChI is InChI=1S/C18H26N4OS/c1-5-6-7-11-22-12-19-21-18(22)24-15(4)17(23)20-16-13(2)9-8-10-14(16)3/h8-10,12,15H,5-7,11H2,1-4H3,(H,20,23)/t15-/m0/s1. The first-order valence-electron chi connectivity index (χ1n) is 8.44. The lowest BCUT2D eigenvalue weighted by Crippen LogP contribution is -2.23. The molecule has 0 aliphatic rings. The Kier molecular flexibility index (Phi) is 6.85. The van der Waals surface area contributed by atoms with Crippen molar-refractivity contribution >= 4 is 23.4 Å². The van der Waals surface area contributed by atoms with Gasteiger partial charge in [0.15, 0.2) is 5.16 Å². The van der Waals surface area contributed by atoms with Gasteiger partial charge < -0.3 is 9.88 Å². The van der Waals surface area contributed by atoms with Crippen molar-refractivity contribution in [3.8, 4) is 0 Å². The minimum absolute atomic E-state index is 0.0134. The monoisotopic (exact) mass is 346 g/mol. The van der Waals surface area contributed by atoms with E-state index < -0.39 is 0 Å². The number of para-hydroxylation sites is 1. The van der Waals surface area contributed by atoms with Crippen LogP contribution in [0.25, 0.3) is 0 Å². The van der Waals surface area contributed by atoms with Crippen molar-refractivity contribution < 1.29 is 4.79 Å². The highest BCUT2D eigenvalue weighted by Crippen LogP contribution is 2.25. The summed E-state index contributed by atoms with van der Waals surface area (Å²) in [6.45, 7) is 8.99. The normalized spacial score (nSPS) is 12.2. The number of carbonyl (C=O) groups excluding carboxylic acids is 1. The van der Waals surface area contributed by atoms with E-state index in [1.807, 2.05) is 43.5 Å². The predicted octanol–water partition coefficient (Wildman–Crippen LogP) is 4.20. The van der Waals surface area contributed by atoms with Crippen molar-refractivity contribution in [2.24, 2.45) is 0 Å². The van der Waals surface area contributed by atoms with Crippen LogP contribution in [0.15, 0.2) is 29.7 Å². The van der Waals surface area contributed by atoms with Gasteiger partial charge in [-0.3, -0.25) is 4.79 Å². The Morgan fingerprint density at radius 2 is 2.00 bits per heavy atom. The average Bonchev–Trinajstić information content (AvgIpc) is 2.98. The van der Waals surface area contributed by atoms with Crippen LogP contribution in [0.4, 0.5) is 5.69 Å². The molecule has 0 radical (unpaired) electrons. The van der Waals surface area contributed by atoms with Gasteiger partial charge in [-0.2, -0.15) is 0 Å². The Bertz CT molecular complexity index is 663. The fourth-order valence-corrected chi connectivity index (χ4v) is 3.32. The van der Waals surface area contributed by atoms with Crippen LogP contribution in [0.3, 0.4) is 0 Å². The average molecular weight is 347 g/mol. The summed E-state index contributed by atoms with van der Waals surface area (Å²) in [5.41, 5.74) is 3.05. The smallest absolute Gasteiger partial charge is 0.237 e. The van der Waals surface area contributed by atoms with E-state index in [2.05, 4.69) is 22.4 Å². The summed E-state index contributed by atoms with van der Waals surface area (Å²) in [6, 6.07) is 6.01. The minimum Gasteiger partial charge on any atom is -0.325 e. The van der Waals surface area contributed by atoms with Gasteiger partial charge in [0.25, 0.3) is 0 Å². The molecular formula is C18H26N4OS. The molecule has 0 saturated heterocycles. The largest absolute Gasteiger partial charge is 0.325 e. The summed E-state index contributed by atoms with van der Waals surface area (Å²) in [5, 5.41) is 11.7. The van der Waals surface area contributed by atoms with E-state index in [1.54, 1.807) is 6.33 Å². The zero-order valence-corrected chi connectivity index (χ0v) is 15.7. The van der Waals surface area contributed by atoms with Crippen LogP contribution >= 0.6 is 11.8 Å². The van der Waals surface area contributed by atoms with Crippen molar-refractivity contribution in [1.82, 2.24) is 14.8 Å². The number of hydrogen-bond acceptors (Lipinski definition) is 4. The molecule has 1 aromatic carbocycles. The molecule has 0 unspecified atom stereocenters. The number of thioether (sulfide) groups is 1. The van der Waals surface area contributed by atoms with Crippen LogP contribution < -0.4 is 5.32 Å². The van der Waals surface area contributed by atoms with Gasteiger partial charge in [0, 0.05) is 12.2 Å². The first-order chi connectivity index (χ1) is 11.5. The second kappa shape index (κ2) is 8.87. The number of aryl methyl sites for hydroxylation is 3. The highest BCUT2D eigenvalue weighted by molar-refractivity contribution is 8.00. The molecule has 1 amide bonds. The lowest BCUT2D eigenvalue weighted by atomic mass is 10.1. The summed E-state index contributed by atoms with van der Waals surface area (Å²) >= 11 is 1.45. The Balaban J connectivity index is 1.98. The van der Waals surface area contributed by atoms with E-state index in [1.165, 1.54) is 24.6 Å². The predicted molar refractivity (Wildman–Crippen MR) is 99.4 cm³/mol. The van der Waals surface area contributed by atoms with Gasteiger partial charge in [0.1, 0.15) is 6.33 Å². The van der Waals surface area contributed by atoms with Crippen LogP contribution in [0, 0.1) is 13.8 Å². The van der Waals surface area contributed by atoms with Gasteiger partial charge in [-0.15, -0.1) is 10.2 Å². The van der Waals surface area contributed by atoms with Crippen LogP contribution in [0.2, 0.25) is 0 Å². The molecule has 0 spiro atoms. The van der Waals surface area contributed by atoms with Crippen LogP contribution in [0.1, 0.15) is 44.2 Å². The molecule has 1 N–H and O–H groups in total. The number of rotatable bonds is 8. The second-order valence-corrected chi connectivity index (χ2v) is 7.34. The molecule has 2 aromatic rings. The topological polar surface area (TPSA) is 59.8 Å². The maximum absolute atomic E-state index is 12.5. The second-order valence-electron chi connectivity index (χ2n) is 6.03. The molecule has 5 nitrogen and oxygen atoms in total. The molecule has 0 aliphatic heterocycles. The summed E-state index contributed by atoms with van der Waals surface area (Å²) in [6.07, 6.45) is 5.21. The lowest BCUT2D eigenvalue weighted by molar-refractivity contribution is -0.115. The Labute approximate surface area is 148 Å². The molecule has 6 heteroatoms. The van der Waals surface area contributed by atoms with Gasteiger partial charge in [-0.1, -0.05) is 49.7 Å². The fourth-order valence-electron chi connectivity index (χ4n) is 2.47. The zero-order chi connectivity index (χ0) is 17.5.